The molecular weight excluding hydrogens is 200 g/mol. The smallest absolute Gasteiger partial charge is 0.255 e. The van der Waals surface area contributed by atoms with E-state index in [0.29, 0.717) is 17.3 Å². The zero-order valence-electron chi connectivity index (χ0n) is 7.90. The van der Waals surface area contributed by atoms with Crippen molar-refractivity contribution in [2.75, 3.05) is 13.6 Å². The van der Waals surface area contributed by atoms with Gasteiger partial charge in [-0.05, 0) is 12.1 Å². The van der Waals surface area contributed by atoms with Crippen LogP contribution in [0.25, 0.3) is 0 Å². The zero-order chi connectivity index (χ0) is 10.6. The molecule has 0 spiro atoms. The molecule has 4 heteroatoms. The second kappa shape index (κ2) is 4.77. The quantitative estimate of drug-likeness (QED) is 0.565. The van der Waals surface area contributed by atoms with Gasteiger partial charge in [0.2, 0.25) is 0 Å². The summed E-state index contributed by atoms with van der Waals surface area (Å²) >= 11 is 5.60. The first-order valence-corrected chi connectivity index (χ1v) is 4.51. The molecule has 0 unspecified atom stereocenters. The summed E-state index contributed by atoms with van der Waals surface area (Å²) in [5, 5.41) is 0.382. The van der Waals surface area contributed by atoms with Gasteiger partial charge in [-0.1, -0.05) is 17.7 Å². The average molecular weight is 211 g/mol. The molecule has 0 radical (unpaired) electrons. The number of halogens is 1. The van der Waals surface area contributed by atoms with E-state index < -0.39 is 0 Å². The van der Waals surface area contributed by atoms with Gasteiger partial charge in [0.1, 0.15) is 5.15 Å². The first-order chi connectivity index (χ1) is 6.65. The van der Waals surface area contributed by atoms with Crippen LogP contribution < -0.4 is 0 Å². The van der Waals surface area contributed by atoms with Gasteiger partial charge in [-0.25, -0.2) is 4.98 Å². The van der Waals surface area contributed by atoms with Crippen LogP contribution in [0.4, 0.5) is 0 Å². The Morgan fingerprint density at radius 2 is 2.43 bits per heavy atom. The molecule has 14 heavy (non-hydrogen) atoms. The van der Waals surface area contributed by atoms with Crippen molar-refractivity contribution in [2.24, 2.45) is 0 Å². The van der Waals surface area contributed by atoms with E-state index >= 15 is 0 Å². The maximum absolute atomic E-state index is 11.6. The van der Waals surface area contributed by atoms with Crippen molar-refractivity contribution in [1.82, 2.24) is 9.88 Å². The molecule has 74 valence electrons. The highest BCUT2D eigenvalue weighted by Crippen LogP contribution is 2.07. The molecule has 0 N–H and O–H groups in total. The Morgan fingerprint density at radius 1 is 1.71 bits per heavy atom. The van der Waals surface area contributed by atoms with Crippen LogP contribution in [0.3, 0.4) is 0 Å². The summed E-state index contributed by atoms with van der Waals surface area (Å²) in [6, 6.07) is 3.24. The van der Waals surface area contributed by atoms with E-state index in [-0.39, 0.29) is 5.91 Å². The minimum Gasteiger partial charge on any atom is -0.338 e. The molecule has 0 atom stereocenters. The van der Waals surface area contributed by atoms with Crippen molar-refractivity contribution in [2.45, 2.75) is 0 Å². The molecule has 0 saturated heterocycles. The maximum atomic E-state index is 11.6. The molecule has 1 aromatic rings. The fourth-order valence-electron chi connectivity index (χ4n) is 0.999. The van der Waals surface area contributed by atoms with Crippen molar-refractivity contribution in [1.29, 1.82) is 0 Å². The summed E-state index contributed by atoms with van der Waals surface area (Å²) in [6.45, 7) is 4.08. The van der Waals surface area contributed by atoms with Crippen molar-refractivity contribution in [3.8, 4) is 0 Å². The van der Waals surface area contributed by atoms with E-state index in [1.807, 2.05) is 0 Å². The molecule has 0 bridgehead atoms. The minimum absolute atomic E-state index is 0.0888. The number of pyridine rings is 1. The van der Waals surface area contributed by atoms with Gasteiger partial charge in [-0.3, -0.25) is 4.79 Å². The highest BCUT2D eigenvalue weighted by atomic mass is 35.5. The molecule has 1 aromatic heterocycles. The molecule has 0 aliphatic heterocycles. The van der Waals surface area contributed by atoms with Crippen LogP contribution in [-0.4, -0.2) is 29.4 Å². The van der Waals surface area contributed by atoms with Gasteiger partial charge in [0.25, 0.3) is 5.91 Å². The maximum Gasteiger partial charge on any atom is 0.255 e. The van der Waals surface area contributed by atoms with Crippen molar-refractivity contribution >= 4 is 17.5 Å². The Bertz CT molecular complexity index is 334. The van der Waals surface area contributed by atoms with E-state index in [1.54, 1.807) is 30.2 Å². The lowest BCUT2D eigenvalue weighted by atomic mass is 10.2. The van der Waals surface area contributed by atoms with E-state index in [9.17, 15) is 4.79 Å². The van der Waals surface area contributed by atoms with E-state index in [2.05, 4.69) is 11.6 Å². The van der Waals surface area contributed by atoms with Crippen LogP contribution in [0.5, 0.6) is 0 Å². The molecule has 0 saturated carbocycles. The van der Waals surface area contributed by atoms with Crippen LogP contribution in [0, 0.1) is 0 Å². The van der Waals surface area contributed by atoms with Gasteiger partial charge in [-0.15, -0.1) is 6.58 Å². The van der Waals surface area contributed by atoms with E-state index in [1.165, 1.54) is 6.20 Å². The standard InChI is InChI=1S/C10H11ClN2O/c1-3-6-13(2)10(14)8-4-5-9(11)12-7-8/h3-5,7H,1,6H2,2H3. The lowest BCUT2D eigenvalue weighted by molar-refractivity contribution is 0.0810. The third-order valence-corrected chi connectivity index (χ3v) is 1.95. The topological polar surface area (TPSA) is 33.2 Å². The van der Waals surface area contributed by atoms with Crippen molar-refractivity contribution in [3.63, 3.8) is 0 Å². The number of aromatic nitrogens is 1. The van der Waals surface area contributed by atoms with Crippen LogP contribution >= 0.6 is 11.6 Å². The summed E-state index contributed by atoms with van der Waals surface area (Å²) in [7, 11) is 1.71. The Balaban J connectivity index is 2.78. The average Bonchev–Trinajstić information content (AvgIpc) is 2.18. The Morgan fingerprint density at radius 3 is 2.93 bits per heavy atom. The van der Waals surface area contributed by atoms with Gasteiger partial charge in [0, 0.05) is 19.8 Å². The molecule has 0 aliphatic carbocycles. The van der Waals surface area contributed by atoms with Gasteiger partial charge < -0.3 is 4.90 Å². The molecule has 0 aliphatic rings. The Kier molecular flexibility index (Phi) is 3.65. The predicted octanol–water partition coefficient (Wildman–Crippen LogP) is 1.99. The third kappa shape index (κ3) is 2.57. The first kappa shape index (κ1) is 10.7. The molecule has 0 aromatic carbocycles. The minimum atomic E-state index is -0.0888. The lowest BCUT2D eigenvalue weighted by Crippen LogP contribution is -2.26. The second-order valence-electron chi connectivity index (χ2n) is 2.84. The molecule has 1 rings (SSSR count). The molecule has 3 nitrogen and oxygen atoms in total. The fraction of sp³-hybridized carbons (Fsp3) is 0.200. The van der Waals surface area contributed by atoms with Gasteiger partial charge in [0.05, 0.1) is 5.56 Å². The summed E-state index contributed by atoms with van der Waals surface area (Å²) in [6.07, 6.45) is 3.13. The van der Waals surface area contributed by atoms with Crippen LogP contribution in [0.1, 0.15) is 10.4 Å². The second-order valence-corrected chi connectivity index (χ2v) is 3.23. The summed E-state index contributed by atoms with van der Waals surface area (Å²) < 4.78 is 0. The van der Waals surface area contributed by atoms with Crippen molar-refractivity contribution < 1.29 is 4.79 Å². The van der Waals surface area contributed by atoms with Crippen LogP contribution in [0.15, 0.2) is 31.0 Å². The SMILES string of the molecule is C=CCN(C)C(=O)c1ccc(Cl)nc1. The number of hydrogen-bond donors (Lipinski definition) is 0. The van der Waals surface area contributed by atoms with E-state index in [0.717, 1.165) is 0 Å². The molecule has 0 fully saturated rings. The number of hydrogen-bond acceptors (Lipinski definition) is 2. The number of likely N-dealkylation sites (N-methyl/N-ethyl adjacent to an activating group) is 1. The summed E-state index contributed by atoms with van der Waals surface area (Å²) in [5.41, 5.74) is 0.527. The monoisotopic (exact) mass is 210 g/mol. The fourth-order valence-corrected chi connectivity index (χ4v) is 1.11. The lowest BCUT2D eigenvalue weighted by Gasteiger charge is -2.14. The molecule has 1 amide bonds. The van der Waals surface area contributed by atoms with E-state index in [4.69, 9.17) is 11.6 Å². The highest BCUT2D eigenvalue weighted by molar-refractivity contribution is 6.29. The number of carbonyl (C=O) groups excluding carboxylic acids is 1. The number of rotatable bonds is 3. The van der Waals surface area contributed by atoms with Gasteiger partial charge >= 0.3 is 0 Å². The third-order valence-electron chi connectivity index (χ3n) is 1.72. The van der Waals surface area contributed by atoms with Crippen LogP contribution in [-0.2, 0) is 0 Å². The Hall–Kier alpha value is -1.35. The summed E-state index contributed by atoms with van der Waals surface area (Å²) in [4.78, 5) is 17.0. The largest absolute Gasteiger partial charge is 0.338 e. The first-order valence-electron chi connectivity index (χ1n) is 4.13. The number of nitrogens with zero attached hydrogens (tertiary/aromatic N) is 2. The predicted molar refractivity (Wildman–Crippen MR) is 56.4 cm³/mol. The molecular formula is C10H11ClN2O. The Labute approximate surface area is 88.0 Å². The van der Waals surface area contributed by atoms with Crippen LogP contribution in [0.2, 0.25) is 5.15 Å². The normalized spacial score (nSPS) is 9.57. The number of amides is 1. The summed E-state index contributed by atoms with van der Waals surface area (Å²) in [5.74, 6) is -0.0888. The highest BCUT2D eigenvalue weighted by Gasteiger charge is 2.09. The van der Waals surface area contributed by atoms with Gasteiger partial charge in [0.15, 0.2) is 0 Å². The van der Waals surface area contributed by atoms with Gasteiger partial charge in [-0.2, -0.15) is 0 Å². The van der Waals surface area contributed by atoms with Crippen molar-refractivity contribution in [3.05, 3.63) is 41.7 Å². The number of carbonyl (C=O) groups is 1. The zero-order valence-corrected chi connectivity index (χ0v) is 8.66. The molecule has 1 heterocycles.